The van der Waals surface area contributed by atoms with Crippen molar-refractivity contribution in [3.63, 3.8) is 0 Å². The molecule has 0 aliphatic carbocycles. The molecule has 4 heteroatoms. The van der Waals surface area contributed by atoms with Crippen LogP contribution in [0.5, 0.6) is 5.75 Å². The van der Waals surface area contributed by atoms with E-state index in [0.29, 0.717) is 0 Å². The van der Waals surface area contributed by atoms with Crippen LogP contribution in [-0.4, -0.2) is 16.4 Å². The number of nitrogens with one attached hydrogen (secondary N) is 1. The van der Waals surface area contributed by atoms with E-state index in [2.05, 4.69) is 41.7 Å². The molecule has 1 aromatic carbocycles. The number of fused-ring (bicyclic) bond motifs is 1. The lowest BCUT2D eigenvalue weighted by Crippen LogP contribution is -2.13. The highest BCUT2D eigenvalue weighted by atomic mass is 16.5. The standard InChI is InChI=1S/C16H21N3O/c1-3-15-14(11-19(2)18-15)10-17-9-12-4-5-16-13(8-12)6-7-20-16/h4-5,8,11,17H,3,6-7,9-10H2,1-2H3. The highest BCUT2D eigenvalue weighted by Gasteiger charge is 2.12. The Morgan fingerprint density at radius 3 is 3.10 bits per heavy atom. The van der Waals surface area contributed by atoms with Crippen molar-refractivity contribution in [3.05, 3.63) is 46.8 Å². The quantitative estimate of drug-likeness (QED) is 0.906. The third-order valence-corrected chi connectivity index (χ3v) is 3.73. The summed E-state index contributed by atoms with van der Waals surface area (Å²) in [5, 5.41) is 7.97. The van der Waals surface area contributed by atoms with Gasteiger partial charge in [-0.25, -0.2) is 0 Å². The lowest BCUT2D eigenvalue weighted by Gasteiger charge is -2.06. The van der Waals surface area contributed by atoms with Crippen LogP contribution in [0.1, 0.15) is 29.3 Å². The smallest absolute Gasteiger partial charge is 0.122 e. The fourth-order valence-electron chi connectivity index (χ4n) is 2.72. The molecule has 0 unspecified atom stereocenters. The number of ether oxygens (including phenoxy) is 1. The Bertz CT molecular complexity index is 604. The van der Waals surface area contributed by atoms with E-state index < -0.39 is 0 Å². The minimum Gasteiger partial charge on any atom is -0.493 e. The first kappa shape index (κ1) is 13.2. The lowest BCUT2D eigenvalue weighted by atomic mass is 10.1. The second-order valence-electron chi connectivity index (χ2n) is 5.27. The average molecular weight is 271 g/mol. The SMILES string of the molecule is CCc1nn(C)cc1CNCc1ccc2c(c1)CCO2. The number of aryl methyl sites for hydroxylation is 2. The molecule has 0 spiro atoms. The highest BCUT2D eigenvalue weighted by Crippen LogP contribution is 2.25. The van der Waals surface area contributed by atoms with Gasteiger partial charge in [0.25, 0.3) is 0 Å². The van der Waals surface area contributed by atoms with Crippen LogP contribution < -0.4 is 10.1 Å². The maximum absolute atomic E-state index is 5.53. The van der Waals surface area contributed by atoms with Crippen LogP contribution in [0.15, 0.2) is 24.4 Å². The Labute approximate surface area is 119 Å². The molecule has 2 heterocycles. The van der Waals surface area contributed by atoms with Gasteiger partial charge >= 0.3 is 0 Å². The van der Waals surface area contributed by atoms with Crippen LogP contribution in [0.2, 0.25) is 0 Å². The first-order valence-electron chi connectivity index (χ1n) is 7.23. The molecule has 0 saturated heterocycles. The zero-order chi connectivity index (χ0) is 13.9. The predicted octanol–water partition coefficient (Wildman–Crippen LogP) is 2.21. The van der Waals surface area contributed by atoms with Crippen molar-refractivity contribution in [2.24, 2.45) is 7.05 Å². The Hall–Kier alpha value is -1.81. The molecular formula is C16H21N3O. The molecule has 0 fully saturated rings. The normalized spacial score (nSPS) is 13.3. The molecule has 0 saturated carbocycles. The molecule has 1 aliphatic rings. The van der Waals surface area contributed by atoms with Gasteiger partial charge < -0.3 is 10.1 Å². The molecule has 20 heavy (non-hydrogen) atoms. The molecule has 3 rings (SSSR count). The molecule has 1 aliphatic heterocycles. The first-order chi connectivity index (χ1) is 9.76. The molecule has 0 bridgehead atoms. The maximum Gasteiger partial charge on any atom is 0.122 e. The van der Waals surface area contributed by atoms with E-state index in [1.165, 1.54) is 22.4 Å². The van der Waals surface area contributed by atoms with Crippen molar-refractivity contribution >= 4 is 0 Å². The number of aromatic nitrogens is 2. The fraction of sp³-hybridized carbons (Fsp3) is 0.438. The van der Waals surface area contributed by atoms with Gasteiger partial charge in [-0.2, -0.15) is 5.10 Å². The number of rotatable bonds is 5. The van der Waals surface area contributed by atoms with E-state index in [1.807, 2.05) is 11.7 Å². The van der Waals surface area contributed by atoms with Gasteiger partial charge in [-0.15, -0.1) is 0 Å². The molecule has 1 aromatic heterocycles. The average Bonchev–Trinajstić information content (AvgIpc) is 3.04. The Morgan fingerprint density at radius 1 is 1.35 bits per heavy atom. The lowest BCUT2D eigenvalue weighted by molar-refractivity contribution is 0.357. The van der Waals surface area contributed by atoms with Crippen LogP contribution in [0.4, 0.5) is 0 Å². The molecule has 4 nitrogen and oxygen atoms in total. The van der Waals surface area contributed by atoms with E-state index >= 15 is 0 Å². The second-order valence-corrected chi connectivity index (χ2v) is 5.27. The van der Waals surface area contributed by atoms with E-state index in [1.54, 1.807) is 0 Å². The van der Waals surface area contributed by atoms with Crippen molar-refractivity contribution in [1.82, 2.24) is 15.1 Å². The zero-order valence-electron chi connectivity index (χ0n) is 12.1. The van der Waals surface area contributed by atoms with Crippen LogP contribution in [0.25, 0.3) is 0 Å². The van der Waals surface area contributed by atoms with Gasteiger partial charge in [0.2, 0.25) is 0 Å². The summed E-state index contributed by atoms with van der Waals surface area (Å²) in [6, 6.07) is 6.47. The van der Waals surface area contributed by atoms with Gasteiger partial charge in [0, 0.05) is 38.3 Å². The second kappa shape index (κ2) is 5.67. The Kier molecular flexibility index (Phi) is 3.74. The first-order valence-corrected chi connectivity index (χ1v) is 7.23. The van der Waals surface area contributed by atoms with Crippen molar-refractivity contribution in [1.29, 1.82) is 0 Å². The highest BCUT2D eigenvalue weighted by molar-refractivity contribution is 5.39. The summed E-state index contributed by atoms with van der Waals surface area (Å²) in [6.45, 7) is 4.71. The van der Waals surface area contributed by atoms with E-state index in [0.717, 1.165) is 38.3 Å². The van der Waals surface area contributed by atoms with Crippen LogP contribution in [-0.2, 0) is 33.0 Å². The molecule has 0 radical (unpaired) electrons. The van der Waals surface area contributed by atoms with Gasteiger partial charge in [-0.1, -0.05) is 19.1 Å². The zero-order valence-corrected chi connectivity index (χ0v) is 12.1. The van der Waals surface area contributed by atoms with Crippen molar-refractivity contribution < 1.29 is 4.74 Å². The minimum absolute atomic E-state index is 0.821. The molecule has 0 amide bonds. The summed E-state index contributed by atoms with van der Waals surface area (Å²) in [4.78, 5) is 0. The van der Waals surface area contributed by atoms with E-state index in [-0.39, 0.29) is 0 Å². The topological polar surface area (TPSA) is 39.1 Å². The minimum atomic E-state index is 0.821. The summed E-state index contributed by atoms with van der Waals surface area (Å²) in [5.41, 5.74) is 5.12. The van der Waals surface area contributed by atoms with Gasteiger partial charge in [0.05, 0.1) is 12.3 Å². The van der Waals surface area contributed by atoms with Crippen LogP contribution in [0.3, 0.4) is 0 Å². The van der Waals surface area contributed by atoms with E-state index in [4.69, 9.17) is 4.74 Å². The number of benzene rings is 1. The number of hydrogen-bond donors (Lipinski definition) is 1. The van der Waals surface area contributed by atoms with Crippen molar-refractivity contribution in [2.75, 3.05) is 6.61 Å². The van der Waals surface area contributed by atoms with Gasteiger partial charge in [-0.3, -0.25) is 4.68 Å². The molecule has 106 valence electrons. The summed E-state index contributed by atoms with van der Waals surface area (Å²) in [6.07, 6.45) is 4.11. The Morgan fingerprint density at radius 2 is 2.25 bits per heavy atom. The number of hydrogen-bond acceptors (Lipinski definition) is 3. The van der Waals surface area contributed by atoms with Gasteiger partial charge in [-0.05, 0) is 23.6 Å². The van der Waals surface area contributed by atoms with Gasteiger partial charge in [0.1, 0.15) is 5.75 Å². The Balaban J connectivity index is 1.59. The van der Waals surface area contributed by atoms with Crippen molar-refractivity contribution in [2.45, 2.75) is 32.9 Å². The maximum atomic E-state index is 5.53. The molecular weight excluding hydrogens is 250 g/mol. The summed E-state index contributed by atoms with van der Waals surface area (Å²) in [7, 11) is 1.98. The summed E-state index contributed by atoms with van der Waals surface area (Å²) < 4.78 is 7.42. The predicted molar refractivity (Wildman–Crippen MR) is 78.8 cm³/mol. The third kappa shape index (κ3) is 2.70. The largest absolute Gasteiger partial charge is 0.493 e. The summed E-state index contributed by atoms with van der Waals surface area (Å²) in [5.74, 6) is 1.05. The molecule has 2 aromatic rings. The summed E-state index contributed by atoms with van der Waals surface area (Å²) >= 11 is 0. The molecule has 0 atom stereocenters. The fourth-order valence-corrected chi connectivity index (χ4v) is 2.72. The van der Waals surface area contributed by atoms with Crippen LogP contribution >= 0.6 is 0 Å². The third-order valence-electron chi connectivity index (χ3n) is 3.73. The molecule has 1 N–H and O–H groups in total. The number of nitrogens with zero attached hydrogens (tertiary/aromatic N) is 2. The van der Waals surface area contributed by atoms with E-state index in [9.17, 15) is 0 Å². The monoisotopic (exact) mass is 271 g/mol. The van der Waals surface area contributed by atoms with Crippen molar-refractivity contribution in [3.8, 4) is 5.75 Å². The van der Waals surface area contributed by atoms with Gasteiger partial charge in [0.15, 0.2) is 0 Å². The van der Waals surface area contributed by atoms with Crippen LogP contribution in [0, 0.1) is 0 Å².